The van der Waals surface area contributed by atoms with E-state index in [0.29, 0.717) is 22.2 Å². The van der Waals surface area contributed by atoms with Gasteiger partial charge in [-0.25, -0.2) is 9.78 Å². The first-order valence-electron chi connectivity index (χ1n) is 7.89. The Balaban J connectivity index is 1.68. The van der Waals surface area contributed by atoms with Crippen LogP contribution in [0.3, 0.4) is 0 Å². The maximum Gasteiger partial charge on any atom is 0.344 e. The normalized spacial score (nSPS) is 11.5. The van der Waals surface area contributed by atoms with Gasteiger partial charge in [0.15, 0.2) is 18.5 Å². The second kappa shape index (κ2) is 7.49. The largest absolute Gasteiger partial charge is 0.481 e. The molecule has 0 aliphatic rings. The molecule has 7 heteroatoms. The molecule has 1 aromatic heterocycles. The first kappa shape index (κ1) is 17.2. The third-order valence-corrected chi connectivity index (χ3v) is 3.68. The number of nitrogens with zero attached hydrogens (tertiary/aromatic N) is 2. The lowest BCUT2D eigenvalue weighted by atomic mass is 10.2. The number of fused-ring (bicyclic) bond motifs is 1. The van der Waals surface area contributed by atoms with Crippen LogP contribution in [0.15, 0.2) is 53.3 Å². The Morgan fingerprint density at radius 1 is 1.23 bits per heavy atom. The summed E-state index contributed by atoms with van der Waals surface area (Å²) in [6.45, 7) is 1.25. The number of H-pyrrole nitrogens is 1. The van der Waals surface area contributed by atoms with Crippen molar-refractivity contribution in [3.63, 3.8) is 0 Å². The predicted molar refractivity (Wildman–Crippen MR) is 93.5 cm³/mol. The molecule has 0 radical (unpaired) electrons. The summed E-state index contributed by atoms with van der Waals surface area (Å²) in [7, 11) is 0. The van der Waals surface area contributed by atoms with Crippen molar-refractivity contribution in [3.8, 4) is 11.8 Å². The number of rotatable bonds is 5. The van der Waals surface area contributed by atoms with Gasteiger partial charge in [-0.05, 0) is 31.2 Å². The zero-order valence-electron chi connectivity index (χ0n) is 13.9. The van der Waals surface area contributed by atoms with Crippen LogP contribution in [0, 0.1) is 11.3 Å². The van der Waals surface area contributed by atoms with Crippen molar-refractivity contribution in [2.24, 2.45) is 0 Å². The SMILES string of the molecule is C[C@@H](OC(=O)COc1ccccc1C#N)c1nc2ccccc2c(=O)[nH]1. The third-order valence-electron chi connectivity index (χ3n) is 3.68. The van der Waals surface area contributed by atoms with Gasteiger partial charge < -0.3 is 14.5 Å². The first-order valence-corrected chi connectivity index (χ1v) is 7.89. The van der Waals surface area contributed by atoms with Crippen LogP contribution in [0.2, 0.25) is 0 Å². The average molecular weight is 349 g/mol. The monoisotopic (exact) mass is 349 g/mol. The molecule has 1 atom stereocenters. The maximum absolute atomic E-state index is 12.1. The molecule has 0 fully saturated rings. The van der Waals surface area contributed by atoms with Crippen molar-refractivity contribution in [1.29, 1.82) is 5.26 Å². The number of nitriles is 1. The predicted octanol–water partition coefficient (Wildman–Crippen LogP) is 2.48. The van der Waals surface area contributed by atoms with E-state index >= 15 is 0 Å². The number of aromatic amines is 1. The summed E-state index contributed by atoms with van der Waals surface area (Å²) in [5.74, 6) is -0.0858. The van der Waals surface area contributed by atoms with E-state index < -0.39 is 12.1 Å². The maximum atomic E-state index is 12.1. The van der Waals surface area contributed by atoms with Gasteiger partial charge in [-0.2, -0.15) is 5.26 Å². The topological polar surface area (TPSA) is 105 Å². The van der Waals surface area contributed by atoms with Gasteiger partial charge in [0.1, 0.15) is 11.8 Å². The second-order valence-electron chi connectivity index (χ2n) is 5.50. The minimum atomic E-state index is -0.755. The molecule has 0 amide bonds. The number of hydrogen-bond donors (Lipinski definition) is 1. The number of aromatic nitrogens is 2. The number of para-hydroxylation sites is 2. The highest BCUT2D eigenvalue weighted by Gasteiger charge is 2.16. The highest BCUT2D eigenvalue weighted by Crippen LogP contribution is 2.18. The van der Waals surface area contributed by atoms with Crippen molar-refractivity contribution in [2.45, 2.75) is 13.0 Å². The highest BCUT2D eigenvalue weighted by atomic mass is 16.6. The van der Waals surface area contributed by atoms with Crippen molar-refractivity contribution in [3.05, 3.63) is 70.3 Å². The molecule has 0 spiro atoms. The number of esters is 1. The molecule has 1 N–H and O–H groups in total. The molecule has 2 aromatic carbocycles. The summed E-state index contributed by atoms with van der Waals surface area (Å²) in [5.41, 5.74) is 0.551. The molecule has 1 heterocycles. The van der Waals surface area contributed by atoms with Crippen LogP contribution in [0.25, 0.3) is 10.9 Å². The molecule has 7 nitrogen and oxygen atoms in total. The molecule has 26 heavy (non-hydrogen) atoms. The number of hydrogen-bond acceptors (Lipinski definition) is 6. The summed E-state index contributed by atoms with van der Waals surface area (Å²) < 4.78 is 10.6. The van der Waals surface area contributed by atoms with Crippen molar-refractivity contribution in [2.75, 3.05) is 6.61 Å². The van der Waals surface area contributed by atoms with Gasteiger partial charge in [0.05, 0.1) is 16.5 Å². The van der Waals surface area contributed by atoms with Crippen LogP contribution in [-0.2, 0) is 9.53 Å². The molecule has 0 aliphatic carbocycles. The van der Waals surface area contributed by atoms with E-state index in [2.05, 4.69) is 9.97 Å². The second-order valence-corrected chi connectivity index (χ2v) is 5.50. The fourth-order valence-corrected chi connectivity index (χ4v) is 2.41. The number of carbonyl (C=O) groups is 1. The van der Waals surface area contributed by atoms with Crippen molar-refractivity contribution in [1.82, 2.24) is 9.97 Å². The molecular weight excluding hydrogens is 334 g/mol. The Kier molecular flexibility index (Phi) is 4.94. The lowest BCUT2D eigenvalue weighted by molar-refractivity contribution is -0.151. The molecule has 0 bridgehead atoms. The van der Waals surface area contributed by atoms with Crippen LogP contribution in [0.4, 0.5) is 0 Å². The van der Waals surface area contributed by atoms with Gasteiger partial charge in [-0.1, -0.05) is 24.3 Å². The van der Waals surface area contributed by atoms with Crippen LogP contribution >= 0.6 is 0 Å². The molecule has 130 valence electrons. The summed E-state index contributed by atoms with van der Waals surface area (Å²) in [6, 6.07) is 15.5. The Morgan fingerprint density at radius 3 is 2.77 bits per heavy atom. The fourth-order valence-electron chi connectivity index (χ4n) is 2.41. The lowest BCUT2D eigenvalue weighted by Gasteiger charge is -2.13. The summed E-state index contributed by atoms with van der Waals surface area (Å²) in [4.78, 5) is 31.0. The molecule has 0 unspecified atom stereocenters. The van der Waals surface area contributed by atoms with Gasteiger partial charge in [0, 0.05) is 0 Å². The quantitative estimate of drug-likeness (QED) is 0.710. The van der Waals surface area contributed by atoms with Crippen LogP contribution in [0.1, 0.15) is 24.4 Å². The average Bonchev–Trinajstić information content (AvgIpc) is 2.66. The van der Waals surface area contributed by atoms with E-state index in [4.69, 9.17) is 14.7 Å². The van der Waals surface area contributed by atoms with Gasteiger partial charge in [-0.15, -0.1) is 0 Å². The zero-order chi connectivity index (χ0) is 18.5. The molecule has 0 saturated heterocycles. The van der Waals surface area contributed by atoms with E-state index in [9.17, 15) is 9.59 Å². The minimum absolute atomic E-state index is 0.250. The van der Waals surface area contributed by atoms with Crippen molar-refractivity contribution >= 4 is 16.9 Å². The van der Waals surface area contributed by atoms with E-state index in [1.54, 1.807) is 55.5 Å². The standard InChI is InChI=1S/C19H15N3O4/c1-12(18-21-15-8-4-3-7-14(15)19(24)22-18)26-17(23)11-25-16-9-5-2-6-13(16)10-20/h2-9,12H,11H2,1H3,(H,21,22,24)/t12-/m1/s1. The minimum Gasteiger partial charge on any atom is -0.481 e. The number of ether oxygens (including phenoxy) is 2. The van der Waals surface area contributed by atoms with Crippen LogP contribution < -0.4 is 10.3 Å². The summed E-state index contributed by atoms with van der Waals surface area (Å²) >= 11 is 0. The van der Waals surface area contributed by atoms with E-state index in [-0.39, 0.29) is 18.0 Å². The number of benzene rings is 2. The highest BCUT2D eigenvalue weighted by molar-refractivity contribution is 5.77. The Morgan fingerprint density at radius 2 is 1.96 bits per heavy atom. The van der Waals surface area contributed by atoms with Gasteiger partial charge in [0.25, 0.3) is 5.56 Å². The lowest BCUT2D eigenvalue weighted by Crippen LogP contribution is -2.20. The zero-order valence-corrected chi connectivity index (χ0v) is 13.9. The molecule has 3 rings (SSSR count). The van der Waals surface area contributed by atoms with Gasteiger partial charge in [-0.3, -0.25) is 4.79 Å². The molecule has 3 aromatic rings. The number of carbonyl (C=O) groups excluding carboxylic acids is 1. The van der Waals surface area contributed by atoms with E-state index in [0.717, 1.165) is 0 Å². The molecular formula is C19H15N3O4. The van der Waals surface area contributed by atoms with Gasteiger partial charge >= 0.3 is 5.97 Å². The number of nitrogens with one attached hydrogen (secondary N) is 1. The Labute approximate surface area is 148 Å². The van der Waals surface area contributed by atoms with E-state index in [1.807, 2.05) is 6.07 Å². The summed E-state index contributed by atoms with van der Waals surface area (Å²) in [5, 5.41) is 9.47. The Hall–Kier alpha value is -3.66. The summed E-state index contributed by atoms with van der Waals surface area (Å²) in [6.07, 6.45) is -0.755. The van der Waals surface area contributed by atoms with Crippen molar-refractivity contribution < 1.29 is 14.3 Å². The first-order chi connectivity index (χ1) is 12.6. The Bertz CT molecular complexity index is 1050. The van der Waals surface area contributed by atoms with Crippen LogP contribution in [-0.4, -0.2) is 22.5 Å². The third kappa shape index (κ3) is 3.70. The smallest absolute Gasteiger partial charge is 0.344 e. The fraction of sp³-hybridized carbons (Fsp3) is 0.158. The molecule has 0 saturated carbocycles. The van der Waals surface area contributed by atoms with Gasteiger partial charge in [0.2, 0.25) is 0 Å². The van der Waals surface area contributed by atoms with Crippen LogP contribution in [0.5, 0.6) is 5.75 Å². The molecule has 0 aliphatic heterocycles. The van der Waals surface area contributed by atoms with E-state index in [1.165, 1.54) is 0 Å².